The maximum absolute atomic E-state index is 13.6. The number of carbonyl (C=O) groups excluding carboxylic acids is 2. The van der Waals surface area contributed by atoms with Gasteiger partial charge in [0, 0.05) is 57.4 Å². The van der Waals surface area contributed by atoms with Crippen molar-refractivity contribution in [2.75, 3.05) is 26.3 Å². The van der Waals surface area contributed by atoms with E-state index in [9.17, 15) is 20.1 Å². The number of aryl methyl sites for hydroxylation is 2. The Morgan fingerprint density at radius 3 is 1.37 bits per heavy atom. The van der Waals surface area contributed by atoms with Gasteiger partial charge in [-0.3, -0.25) is 0 Å². The van der Waals surface area contributed by atoms with Crippen molar-refractivity contribution in [2.45, 2.75) is 77.7 Å². The lowest BCUT2D eigenvalue weighted by Gasteiger charge is -2.30. The number of nitrogens with one attached hydrogen (secondary N) is 4. The third-order valence-electron chi connectivity index (χ3n) is 10.5. The summed E-state index contributed by atoms with van der Waals surface area (Å²) in [5.41, 5.74) is 6.25. The number of esters is 2. The summed E-state index contributed by atoms with van der Waals surface area (Å²) >= 11 is 0. The van der Waals surface area contributed by atoms with Gasteiger partial charge in [-0.1, -0.05) is 60.7 Å². The van der Waals surface area contributed by atoms with E-state index in [1.165, 1.54) is 11.1 Å². The number of carbonyl (C=O) groups is 2. The van der Waals surface area contributed by atoms with Crippen molar-refractivity contribution in [3.8, 4) is 23.6 Å². The lowest BCUT2D eigenvalue weighted by molar-refractivity contribution is -0.175. The van der Waals surface area contributed by atoms with Crippen LogP contribution in [0.3, 0.4) is 0 Å². The zero-order valence-electron chi connectivity index (χ0n) is 35.0. The molecule has 0 aliphatic rings. The summed E-state index contributed by atoms with van der Waals surface area (Å²) in [4.78, 5) is 34.1. The molecule has 0 aliphatic heterocycles. The molecule has 2 atom stereocenters. The SMILES string of the molecule is Cc1[nH]c2ccccc2c1CC(C)(C)NCC(COc1ccccc1C#N)OC(=O)C(=O)OC(CNC(C)(C)Cc1c(C)[nH]c2ccccc12)COc1ccccc1C#N. The Bertz CT molecular complexity index is 2360. The summed E-state index contributed by atoms with van der Waals surface area (Å²) < 4.78 is 23.6. The Morgan fingerprint density at radius 1 is 0.600 bits per heavy atom. The van der Waals surface area contributed by atoms with Gasteiger partial charge >= 0.3 is 11.9 Å². The van der Waals surface area contributed by atoms with Crippen LogP contribution in [-0.4, -0.2) is 71.5 Å². The van der Waals surface area contributed by atoms with Crippen molar-refractivity contribution in [3.63, 3.8) is 0 Å². The standard InChI is InChI=1S/C48H52N6O6/c1-31-39(37-17-9-11-19-41(37)53-31)23-47(3,4)51-27-35(29-57-43-21-13-7-15-33(43)25-49)59-45(55)46(56)60-36(30-58-44-22-14-8-16-34(44)26-50)28-52-48(5,6)24-40-32(2)54-42-20-12-10-18-38(40)42/h7-22,35-36,51-54H,23-24,27-30H2,1-6H3. The van der Waals surface area contributed by atoms with Gasteiger partial charge < -0.3 is 39.5 Å². The third kappa shape index (κ3) is 10.9. The molecule has 60 heavy (non-hydrogen) atoms. The van der Waals surface area contributed by atoms with Crippen LogP contribution in [-0.2, 0) is 31.9 Å². The number of ether oxygens (including phenoxy) is 4. The molecular weight excluding hydrogens is 757 g/mol. The van der Waals surface area contributed by atoms with E-state index in [0.717, 1.165) is 33.2 Å². The van der Waals surface area contributed by atoms with Gasteiger partial charge in [0.1, 0.15) is 49.1 Å². The molecule has 310 valence electrons. The van der Waals surface area contributed by atoms with Crippen LogP contribution < -0.4 is 20.1 Å². The van der Waals surface area contributed by atoms with E-state index in [1.54, 1.807) is 48.5 Å². The van der Waals surface area contributed by atoms with Crippen molar-refractivity contribution in [1.29, 1.82) is 10.5 Å². The lowest BCUT2D eigenvalue weighted by atomic mass is 9.93. The molecule has 0 radical (unpaired) electrons. The second-order valence-corrected chi connectivity index (χ2v) is 16.3. The number of nitrogens with zero attached hydrogens (tertiary/aromatic N) is 2. The van der Waals surface area contributed by atoms with Crippen LogP contribution in [0.1, 0.15) is 61.3 Å². The highest BCUT2D eigenvalue weighted by molar-refractivity contribution is 6.29. The summed E-state index contributed by atoms with van der Waals surface area (Å²) in [6, 6.07) is 34.0. The van der Waals surface area contributed by atoms with Crippen LogP contribution >= 0.6 is 0 Å². The van der Waals surface area contributed by atoms with Crippen LogP contribution in [0.15, 0.2) is 97.1 Å². The second-order valence-electron chi connectivity index (χ2n) is 16.3. The molecule has 0 saturated heterocycles. The summed E-state index contributed by atoms with van der Waals surface area (Å²) in [7, 11) is 0. The zero-order valence-corrected chi connectivity index (χ0v) is 35.0. The Morgan fingerprint density at radius 2 is 0.967 bits per heavy atom. The van der Waals surface area contributed by atoms with Crippen LogP contribution in [0.4, 0.5) is 0 Å². The Hall–Kier alpha value is -6.60. The maximum Gasteiger partial charge on any atom is 0.417 e. The van der Waals surface area contributed by atoms with Gasteiger partial charge in [-0.15, -0.1) is 0 Å². The molecule has 0 saturated carbocycles. The smallest absolute Gasteiger partial charge is 0.417 e. The molecular formula is C48H52N6O6. The number of aromatic amines is 2. The molecule has 12 nitrogen and oxygen atoms in total. The molecule has 4 N–H and O–H groups in total. The average molecular weight is 809 g/mol. The van der Waals surface area contributed by atoms with Crippen LogP contribution in [0.5, 0.6) is 11.5 Å². The monoisotopic (exact) mass is 808 g/mol. The van der Waals surface area contributed by atoms with E-state index in [-0.39, 0.29) is 26.3 Å². The van der Waals surface area contributed by atoms with Crippen LogP contribution in [0.2, 0.25) is 0 Å². The molecule has 0 fully saturated rings. The lowest BCUT2D eigenvalue weighted by Crippen LogP contribution is -2.49. The van der Waals surface area contributed by atoms with E-state index >= 15 is 0 Å². The van der Waals surface area contributed by atoms with Gasteiger partial charge in [-0.05, 0) is 102 Å². The zero-order chi connectivity index (χ0) is 42.9. The minimum absolute atomic E-state index is 0.128. The predicted octanol–water partition coefficient (Wildman–Crippen LogP) is 7.51. The molecule has 0 bridgehead atoms. The Kier molecular flexibility index (Phi) is 13.6. The first-order valence-corrected chi connectivity index (χ1v) is 20.0. The topological polar surface area (TPSA) is 174 Å². The first-order valence-electron chi connectivity index (χ1n) is 20.0. The number of para-hydroxylation sites is 4. The van der Waals surface area contributed by atoms with Gasteiger partial charge in [-0.25, -0.2) is 9.59 Å². The minimum Gasteiger partial charge on any atom is -0.488 e. The molecule has 0 spiro atoms. The number of rotatable bonds is 18. The number of fused-ring (bicyclic) bond motifs is 2. The van der Waals surface area contributed by atoms with Gasteiger partial charge in [0.2, 0.25) is 0 Å². The van der Waals surface area contributed by atoms with Crippen molar-refractivity contribution >= 4 is 33.7 Å². The number of aromatic nitrogens is 2. The largest absolute Gasteiger partial charge is 0.488 e. The van der Waals surface area contributed by atoms with Crippen molar-refractivity contribution in [1.82, 2.24) is 20.6 Å². The average Bonchev–Trinajstić information content (AvgIpc) is 3.72. The summed E-state index contributed by atoms with van der Waals surface area (Å²) in [6.45, 7) is 12.3. The van der Waals surface area contributed by atoms with E-state index in [0.29, 0.717) is 35.5 Å². The molecule has 6 aromatic rings. The summed E-state index contributed by atoms with van der Waals surface area (Å²) in [5, 5.41) is 28.6. The Balaban J connectivity index is 1.16. The fourth-order valence-electron chi connectivity index (χ4n) is 7.32. The normalized spacial score (nSPS) is 12.7. The van der Waals surface area contributed by atoms with Crippen LogP contribution in [0.25, 0.3) is 21.8 Å². The fraction of sp³-hybridized carbons (Fsp3) is 0.333. The fourth-order valence-corrected chi connectivity index (χ4v) is 7.32. The van der Waals surface area contributed by atoms with Crippen molar-refractivity contribution in [2.24, 2.45) is 0 Å². The highest BCUT2D eigenvalue weighted by Crippen LogP contribution is 2.28. The maximum atomic E-state index is 13.6. The predicted molar refractivity (Wildman–Crippen MR) is 231 cm³/mol. The Labute approximate surface area is 350 Å². The molecule has 6 rings (SSSR count). The van der Waals surface area contributed by atoms with Crippen molar-refractivity contribution in [3.05, 3.63) is 131 Å². The molecule has 12 heteroatoms. The van der Waals surface area contributed by atoms with Crippen LogP contribution in [0, 0.1) is 36.5 Å². The number of H-pyrrole nitrogens is 2. The van der Waals surface area contributed by atoms with Gasteiger partial charge in [0.15, 0.2) is 0 Å². The second kappa shape index (κ2) is 19.0. The highest BCUT2D eigenvalue weighted by atomic mass is 16.6. The number of nitriles is 2. The first kappa shape index (κ1) is 43.0. The molecule has 2 heterocycles. The van der Waals surface area contributed by atoms with E-state index in [2.05, 4.69) is 72.6 Å². The number of hydrogen-bond donors (Lipinski definition) is 4. The molecule has 0 amide bonds. The van der Waals surface area contributed by atoms with Gasteiger partial charge in [0.05, 0.1) is 11.1 Å². The molecule has 2 unspecified atom stereocenters. The van der Waals surface area contributed by atoms with Gasteiger partial charge in [0.25, 0.3) is 0 Å². The third-order valence-corrected chi connectivity index (χ3v) is 10.5. The molecule has 0 aliphatic carbocycles. The summed E-state index contributed by atoms with van der Waals surface area (Å²) in [5.74, 6) is -1.77. The summed E-state index contributed by atoms with van der Waals surface area (Å²) in [6.07, 6.45) is -0.588. The van der Waals surface area contributed by atoms with E-state index < -0.39 is 35.2 Å². The van der Waals surface area contributed by atoms with E-state index in [1.807, 2.05) is 50.2 Å². The number of hydrogen-bond acceptors (Lipinski definition) is 10. The van der Waals surface area contributed by atoms with E-state index in [4.69, 9.17) is 18.9 Å². The minimum atomic E-state index is -1.21. The quantitative estimate of drug-likeness (QED) is 0.0503. The van der Waals surface area contributed by atoms with Gasteiger partial charge in [-0.2, -0.15) is 10.5 Å². The molecule has 2 aromatic heterocycles. The molecule has 4 aromatic carbocycles. The highest BCUT2D eigenvalue weighted by Gasteiger charge is 2.31. The number of benzene rings is 4. The first-order chi connectivity index (χ1) is 28.8. The van der Waals surface area contributed by atoms with Crippen molar-refractivity contribution < 1.29 is 28.5 Å².